The summed E-state index contributed by atoms with van der Waals surface area (Å²) in [5.41, 5.74) is -4.60. The molecule has 0 amide bonds. The molecule has 1 saturated carbocycles. The summed E-state index contributed by atoms with van der Waals surface area (Å²) in [4.78, 5) is 50.4. The highest BCUT2D eigenvalue weighted by Gasteiger charge is 2.70. The summed E-state index contributed by atoms with van der Waals surface area (Å²) in [6.45, 7) is 15.0. The molecular weight excluding hydrogens is 560 g/mol. The molecule has 11 nitrogen and oxygen atoms in total. The van der Waals surface area contributed by atoms with E-state index in [1.54, 1.807) is 20.8 Å². The van der Waals surface area contributed by atoms with Crippen LogP contribution in [0.1, 0.15) is 107 Å². The summed E-state index contributed by atoms with van der Waals surface area (Å²) < 4.78 is 30.3. The van der Waals surface area contributed by atoms with Crippen LogP contribution in [0.15, 0.2) is 0 Å². The van der Waals surface area contributed by atoms with Crippen molar-refractivity contribution in [3.8, 4) is 0 Å². The lowest BCUT2D eigenvalue weighted by Crippen LogP contribution is -2.68. The first kappa shape index (κ1) is 35.2. The molecule has 3 aliphatic rings. The van der Waals surface area contributed by atoms with Gasteiger partial charge in [0.05, 0.1) is 6.10 Å². The minimum absolute atomic E-state index is 0.0182. The smallest absolute Gasteiger partial charge is 0.306 e. The number of carbonyl (C=O) groups is 4. The first-order chi connectivity index (χ1) is 19.9. The minimum atomic E-state index is -1.78. The van der Waals surface area contributed by atoms with E-state index in [2.05, 4.69) is 0 Å². The maximum absolute atomic E-state index is 13.0. The maximum Gasteiger partial charge on any atom is 0.306 e. The molecule has 1 aliphatic carbocycles. The number of hydrogen-bond donors (Lipinski definition) is 2. The second-order valence-electron chi connectivity index (χ2n) is 13.7. The molecule has 0 radical (unpaired) electrons. The Morgan fingerprint density at radius 2 is 1.49 bits per heavy atom. The summed E-state index contributed by atoms with van der Waals surface area (Å²) in [6, 6.07) is 0. The van der Waals surface area contributed by atoms with Gasteiger partial charge in [-0.2, -0.15) is 0 Å². The predicted molar refractivity (Wildman–Crippen MR) is 154 cm³/mol. The molecule has 0 unspecified atom stereocenters. The van der Waals surface area contributed by atoms with E-state index in [0.717, 1.165) is 0 Å². The third kappa shape index (κ3) is 7.36. The molecule has 0 aromatic heterocycles. The van der Waals surface area contributed by atoms with Gasteiger partial charge in [-0.25, -0.2) is 0 Å². The average Bonchev–Trinajstić information content (AvgIpc) is 3.24. The van der Waals surface area contributed by atoms with E-state index in [4.69, 9.17) is 23.7 Å². The molecular formula is C32H52O11. The number of carbonyl (C=O) groups excluding carboxylic acids is 4. The van der Waals surface area contributed by atoms with E-state index in [1.807, 2.05) is 27.7 Å². The maximum atomic E-state index is 13.0. The summed E-state index contributed by atoms with van der Waals surface area (Å²) in [7, 11) is 0. The molecule has 43 heavy (non-hydrogen) atoms. The van der Waals surface area contributed by atoms with Crippen LogP contribution >= 0.6 is 0 Å². The lowest BCUT2D eigenvalue weighted by Gasteiger charge is -2.55. The topological polar surface area (TPSA) is 155 Å². The Morgan fingerprint density at radius 3 is 2.02 bits per heavy atom. The van der Waals surface area contributed by atoms with Gasteiger partial charge in [0.2, 0.25) is 0 Å². The van der Waals surface area contributed by atoms with Gasteiger partial charge in [0, 0.05) is 50.9 Å². The molecule has 0 aromatic carbocycles. The molecule has 3 rings (SSSR count). The zero-order chi connectivity index (χ0) is 32.5. The highest BCUT2D eigenvalue weighted by atomic mass is 16.6. The van der Waals surface area contributed by atoms with Gasteiger partial charge in [0.25, 0.3) is 0 Å². The van der Waals surface area contributed by atoms with E-state index in [-0.39, 0.29) is 38.0 Å². The van der Waals surface area contributed by atoms with Crippen LogP contribution in [-0.2, 0) is 42.9 Å². The van der Waals surface area contributed by atoms with E-state index < -0.39 is 89.0 Å². The van der Waals surface area contributed by atoms with Gasteiger partial charge >= 0.3 is 23.9 Å². The van der Waals surface area contributed by atoms with E-state index in [9.17, 15) is 29.4 Å². The monoisotopic (exact) mass is 612 g/mol. The first-order valence-corrected chi connectivity index (χ1v) is 15.8. The number of esters is 4. The van der Waals surface area contributed by atoms with Crippen molar-refractivity contribution in [1.29, 1.82) is 0 Å². The molecule has 2 N–H and O–H groups in total. The molecule has 0 aromatic rings. The number of aliphatic hydroxyl groups is 2. The van der Waals surface area contributed by atoms with Crippen molar-refractivity contribution in [1.82, 2.24) is 0 Å². The summed E-state index contributed by atoms with van der Waals surface area (Å²) in [5.74, 6) is -3.96. The molecule has 11 atom stereocenters. The summed E-state index contributed by atoms with van der Waals surface area (Å²) in [5, 5.41) is 24.1. The van der Waals surface area contributed by atoms with Crippen LogP contribution in [0.3, 0.4) is 0 Å². The largest absolute Gasteiger partial charge is 0.460 e. The van der Waals surface area contributed by atoms with Crippen LogP contribution in [0.25, 0.3) is 0 Å². The van der Waals surface area contributed by atoms with Crippen LogP contribution in [0, 0.1) is 23.7 Å². The lowest BCUT2D eigenvalue weighted by molar-refractivity contribution is -0.243. The summed E-state index contributed by atoms with van der Waals surface area (Å²) in [6.07, 6.45) is -2.93. The van der Waals surface area contributed by atoms with Gasteiger partial charge in [0.15, 0.2) is 6.10 Å². The molecule has 2 aliphatic heterocycles. The molecule has 0 spiro atoms. The Kier molecular flexibility index (Phi) is 11.0. The fourth-order valence-electron chi connectivity index (χ4n) is 7.84. The Hall–Kier alpha value is -2.24. The Bertz CT molecular complexity index is 1040. The fourth-order valence-corrected chi connectivity index (χ4v) is 7.84. The van der Waals surface area contributed by atoms with E-state index >= 15 is 0 Å². The van der Waals surface area contributed by atoms with Crippen molar-refractivity contribution in [2.24, 2.45) is 23.7 Å². The second kappa shape index (κ2) is 13.4. The van der Waals surface area contributed by atoms with Crippen LogP contribution in [0.2, 0.25) is 0 Å². The Morgan fingerprint density at radius 1 is 0.907 bits per heavy atom. The van der Waals surface area contributed by atoms with Gasteiger partial charge in [0.1, 0.15) is 35.1 Å². The zero-order valence-corrected chi connectivity index (χ0v) is 27.2. The standard InChI is InChI=1S/C32H52O11/c1-10-12-22(35)42-27-24(17(3)4)25-26(32(9,38)29(27)40-19(6)34)20-16-30(7,37)21(39-18(5)33)14-15-31(8,28(25)41-20)43-23(36)13-11-2/h17,20-21,24-29,37-38H,10-16H2,1-9H3/t20-,21+,24-,25-,26-,27+,28-,29-,30+,31+,32+/m1/s1. The highest BCUT2D eigenvalue weighted by Crippen LogP contribution is 2.59. The predicted octanol–water partition coefficient (Wildman–Crippen LogP) is 3.64. The SMILES string of the molecule is CCCC(=O)O[C@H]1[C@H](C(C)C)[C@@H]2[C@@H]([C@H]3C[C@](C)(O)[C@@H](OC(C)=O)CC[C@](C)(OC(=O)CCC)[C@@H]2O3)[C@](C)(O)[C@@H]1OC(C)=O. The van der Waals surface area contributed by atoms with Crippen molar-refractivity contribution < 1.29 is 53.1 Å². The van der Waals surface area contributed by atoms with Crippen LogP contribution in [0.5, 0.6) is 0 Å². The third-order valence-corrected chi connectivity index (χ3v) is 9.57. The molecule has 2 saturated heterocycles. The highest BCUT2D eigenvalue weighted by molar-refractivity contribution is 5.70. The van der Waals surface area contributed by atoms with Crippen molar-refractivity contribution in [2.45, 2.75) is 155 Å². The quantitative estimate of drug-likeness (QED) is 0.290. The third-order valence-electron chi connectivity index (χ3n) is 9.57. The van der Waals surface area contributed by atoms with Gasteiger partial charge in [-0.05, 0) is 52.4 Å². The van der Waals surface area contributed by atoms with Gasteiger partial charge in [-0.3, -0.25) is 19.2 Å². The van der Waals surface area contributed by atoms with Crippen LogP contribution in [-0.4, -0.2) is 81.4 Å². The van der Waals surface area contributed by atoms with Crippen molar-refractivity contribution in [2.75, 3.05) is 0 Å². The Balaban J connectivity index is 2.25. The Labute approximate surface area is 255 Å². The zero-order valence-electron chi connectivity index (χ0n) is 27.2. The lowest BCUT2D eigenvalue weighted by atomic mass is 9.55. The van der Waals surface area contributed by atoms with Crippen LogP contribution < -0.4 is 0 Å². The number of fused-ring (bicyclic) bond motifs is 5. The molecule has 2 bridgehead atoms. The van der Waals surface area contributed by atoms with Gasteiger partial charge < -0.3 is 33.9 Å². The first-order valence-electron chi connectivity index (χ1n) is 15.8. The second-order valence-corrected chi connectivity index (χ2v) is 13.7. The van der Waals surface area contributed by atoms with E-state index in [0.29, 0.717) is 12.8 Å². The minimum Gasteiger partial charge on any atom is -0.460 e. The number of ether oxygens (including phenoxy) is 5. The van der Waals surface area contributed by atoms with Gasteiger partial charge in [-0.1, -0.05) is 27.7 Å². The van der Waals surface area contributed by atoms with Crippen LogP contribution in [0.4, 0.5) is 0 Å². The average molecular weight is 613 g/mol. The number of hydrogen-bond acceptors (Lipinski definition) is 11. The fraction of sp³-hybridized carbons (Fsp3) is 0.875. The summed E-state index contributed by atoms with van der Waals surface area (Å²) >= 11 is 0. The van der Waals surface area contributed by atoms with Crippen molar-refractivity contribution in [3.05, 3.63) is 0 Å². The van der Waals surface area contributed by atoms with Crippen molar-refractivity contribution in [3.63, 3.8) is 0 Å². The number of rotatable bonds is 9. The molecule has 246 valence electrons. The normalized spacial score (nSPS) is 40.8. The molecule has 11 heteroatoms. The molecule has 3 fully saturated rings. The molecule has 2 heterocycles. The van der Waals surface area contributed by atoms with Gasteiger partial charge in [-0.15, -0.1) is 0 Å². The van der Waals surface area contributed by atoms with Crippen molar-refractivity contribution >= 4 is 23.9 Å². The van der Waals surface area contributed by atoms with E-state index in [1.165, 1.54) is 13.8 Å².